The van der Waals surface area contributed by atoms with Gasteiger partial charge in [-0.25, -0.2) is 4.98 Å². The highest BCUT2D eigenvalue weighted by Gasteiger charge is 2.34. The highest BCUT2D eigenvalue weighted by atomic mass is 35.5. The highest BCUT2D eigenvalue weighted by molar-refractivity contribution is 6.30. The van der Waals surface area contributed by atoms with Crippen LogP contribution in [0.2, 0.25) is 5.02 Å². The number of ether oxygens (including phenoxy) is 1. The molecule has 1 N–H and O–H groups in total. The lowest BCUT2D eigenvalue weighted by Crippen LogP contribution is -2.51. The molecule has 4 rings (SSSR count). The number of aromatic nitrogens is 2. The number of hydrogen-bond acceptors (Lipinski definition) is 4. The summed E-state index contributed by atoms with van der Waals surface area (Å²) in [4.78, 5) is 24.2. The van der Waals surface area contributed by atoms with Gasteiger partial charge in [-0.1, -0.05) is 23.7 Å². The van der Waals surface area contributed by atoms with Crippen LogP contribution in [0.3, 0.4) is 0 Å². The Hall–Kier alpha value is -1.89. The van der Waals surface area contributed by atoms with Crippen molar-refractivity contribution in [2.24, 2.45) is 0 Å². The van der Waals surface area contributed by atoms with E-state index in [1.807, 2.05) is 35.4 Å². The SMILES string of the molecule is CC(=O)N1CCC(N2CCOCC2c2ncc(-c3cccc(Cl)c3)[nH]2)CC1. The molecule has 27 heavy (non-hydrogen) atoms. The minimum absolute atomic E-state index is 0.112. The first-order valence-electron chi connectivity index (χ1n) is 9.51. The molecular formula is C20H25ClN4O2. The van der Waals surface area contributed by atoms with Gasteiger partial charge in [-0.2, -0.15) is 0 Å². The number of aromatic amines is 1. The fourth-order valence-corrected chi connectivity index (χ4v) is 4.30. The maximum Gasteiger partial charge on any atom is 0.219 e. The summed E-state index contributed by atoms with van der Waals surface area (Å²) >= 11 is 6.12. The van der Waals surface area contributed by atoms with Crippen molar-refractivity contribution in [3.05, 3.63) is 41.3 Å². The molecule has 0 aliphatic carbocycles. The zero-order chi connectivity index (χ0) is 18.8. The number of amides is 1. The molecule has 2 saturated heterocycles. The van der Waals surface area contributed by atoms with Gasteiger partial charge in [0.25, 0.3) is 0 Å². The van der Waals surface area contributed by atoms with Crippen LogP contribution in [0.15, 0.2) is 30.5 Å². The average molecular weight is 389 g/mol. The van der Waals surface area contributed by atoms with E-state index in [1.165, 1.54) is 0 Å². The summed E-state index contributed by atoms with van der Waals surface area (Å²) < 4.78 is 5.76. The summed E-state index contributed by atoms with van der Waals surface area (Å²) in [6, 6.07) is 8.33. The molecule has 1 aromatic heterocycles. The lowest BCUT2D eigenvalue weighted by atomic mass is 10.00. The first kappa shape index (κ1) is 18.5. The Labute approximate surface area is 164 Å². The normalized spacial score (nSPS) is 22.1. The van der Waals surface area contributed by atoms with E-state index in [0.717, 1.165) is 56.2 Å². The Kier molecular flexibility index (Phi) is 5.48. The van der Waals surface area contributed by atoms with Crippen LogP contribution in [0, 0.1) is 0 Å². The smallest absolute Gasteiger partial charge is 0.219 e. The summed E-state index contributed by atoms with van der Waals surface area (Å²) in [6.07, 6.45) is 3.86. The van der Waals surface area contributed by atoms with Crippen molar-refractivity contribution in [1.82, 2.24) is 19.8 Å². The lowest BCUT2D eigenvalue weighted by molar-refractivity contribution is -0.131. The van der Waals surface area contributed by atoms with E-state index in [2.05, 4.69) is 14.9 Å². The zero-order valence-corrected chi connectivity index (χ0v) is 16.3. The number of hydrogen-bond donors (Lipinski definition) is 1. The fraction of sp³-hybridized carbons (Fsp3) is 0.500. The van der Waals surface area contributed by atoms with Gasteiger partial charge in [0.15, 0.2) is 0 Å². The van der Waals surface area contributed by atoms with E-state index in [-0.39, 0.29) is 11.9 Å². The molecular weight excluding hydrogens is 364 g/mol. The predicted molar refractivity (Wildman–Crippen MR) is 105 cm³/mol. The molecule has 2 aliphatic heterocycles. The van der Waals surface area contributed by atoms with Crippen LogP contribution in [0.1, 0.15) is 31.6 Å². The van der Waals surface area contributed by atoms with Gasteiger partial charge in [0.05, 0.1) is 31.1 Å². The third-order valence-electron chi connectivity index (χ3n) is 5.60. The molecule has 0 radical (unpaired) electrons. The van der Waals surface area contributed by atoms with Gasteiger partial charge in [-0.15, -0.1) is 0 Å². The number of morpholine rings is 1. The number of likely N-dealkylation sites (tertiary alicyclic amines) is 1. The molecule has 1 aromatic carbocycles. The Bertz CT molecular complexity index is 801. The number of rotatable bonds is 3. The molecule has 3 heterocycles. The molecule has 2 aromatic rings. The van der Waals surface area contributed by atoms with E-state index in [4.69, 9.17) is 16.3 Å². The summed E-state index contributed by atoms with van der Waals surface area (Å²) in [7, 11) is 0. The third kappa shape index (κ3) is 4.03. The van der Waals surface area contributed by atoms with Crippen LogP contribution in [0.4, 0.5) is 0 Å². The van der Waals surface area contributed by atoms with Crippen LogP contribution >= 0.6 is 11.6 Å². The van der Waals surface area contributed by atoms with Crippen molar-refractivity contribution in [1.29, 1.82) is 0 Å². The summed E-state index contributed by atoms with van der Waals surface area (Å²) in [5.74, 6) is 1.10. The van der Waals surface area contributed by atoms with Crippen LogP contribution in [0.5, 0.6) is 0 Å². The zero-order valence-electron chi connectivity index (χ0n) is 15.5. The molecule has 144 valence electrons. The summed E-state index contributed by atoms with van der Waals surface area (Å²) in [5.41, 5.74) is 1.99. The molecule has 2 aliphatic rings. The molecule has 0 bridgehead atoms. The highest BCUT2D eigenvalue weighted by Crippen LogP contribution is 2.30. The van der Waals surface area contributed by atoms with Gasteiger partial charge >= 0.3 is 0 Å². The number of carbonyl (C=O) groups excluding carboxylic acids is 1. The maximum atomic E-state index is 11.6. The molecule has 1 amide bonds. The first-order chi connectivity index (χ1) is 13.1. The van der Waals surface area contributed by atoms with E-state index in [9.17, 15) is 4.79 Å². The Balaban J connectivity index is 1.51. The second kappa shape index (κ2) is 8.00. The molecule has 1 atom stereocenters. The van der Waals surface area contributed by atoms with Crippen molar-refractivity contribution in [3.63, 3.8) is 0 Å². The fourth-order valence-electron chi connectivity index (χ4n) is 4.11. The van der Waals surface area contributed by atoms with Crippen molar-refractivity contribution in [3.8, 4) is 11.3 Å². The predicted octanol–water partition coefficient (Wildman–Crippen LogP) is 3.11. The Morgan fingerprint density at radius 2 is 2.11 bits per heavy atom. The standard InChI is InChI=1S/C20H25ClN4O2/c1-14(26)24-7-5-17(6-8-24)25-9-10-27-13-19(25)20-22-12-18(23-20)15-3-2-4-16(21)11-15/h2-4,11-12,17,19H,5-10,13H2,1H3,(H,22,23). The Morgan fingerprint density at radius 3 is 2.85 bits per heavy atom. The van der Waals surface area contributed by atoms with Crippen molar-refractivity contribution < 1.29 is 9.53 Å². The largest absolute Gasteiger partial charge is 0.378 e. The van der Waals surface area contributed by atoms with E-state index in [1.54, 1.807) is 6.92 Å². The van der Waals surface area contributed by atoms with Gasteiger partial charge in [0, 0.05) is 43.2 Å². The average Bonchev–Trinajstić information content (AvgIpc) is 3.18. The van der Waals surface area contributed by atoms with Gasteiger partial charge in [-0.05, 0) is 25.0 Å². The van der Waals surface area contributed by atoms with Gasteiger partial charge in [0.2, 0.25) is 5.91 Å². The van der Waals surface area contributed by atoms with Crippen LogP contribution in [0.25, 0.3) is 11.3 Å². The molecule has 0 saturated carbocycles. The maximum absolute atomic E-state index is 11.6. The first-order valence-corrected chi connectivity index (χ1v) is 9.89. The number of H-pyrrole nitrogens is 1. The number of nitrogens with zero attached hydrogens (tertiary/aromatic N) is 3. The van der Waals surface area contributed by atoms with E-state index >= 15 is 0 Å². The van der Waals surface area contributed by atoms with Gasteiger partial charge in [0.1, 0.15) is 5.82 Å². The summed E-state index contributed by atoms with van der Waals surface area (Å²) in [6.45, 7) is 5.58. The molecule has 6 nitrogen and oxygen atoms in total. The number of halogens is 1. The van der Waals surface area contributed by atoms with Gasteiger partial charge in [-0.3, -0.25) is 9.69 Å². The molecule has 2 fully saturated rings. The minimum Gasteiger partial charge on any atom is -0.378 e. The number of piperidine rings is 1. The minimum atomic E-state index is 0.112. The molecule has 7 heteroatoms. The van der Waals surface area contributed by atoms with Crippen LogP contribution in [-0.4, -0.2) is 64.6 Å². The van der Waals surface area contributed by atoms with Gasteiger partial charge < -0.3 is 14.6 Å². The van der Waals surface area contributed by atoms with Crippen LogP contribution < -0.4 is 0 Å². The Morgan fingerprint density at radius 1 is 1.30 bits per heavy atom. The van der Waals surface area contributed by atoms with Crippen molar-refractivity contribution in [2.45, 2.75) is 31.8 Å². The number of benzene rings is 1. The lowest BCUT2D eigenvalue weighted by Gasteiger charge is -2.43. The number of imidazole rings is 1. The second-order valence-electron chi connectivity index (χ2n) is 7.26. The van der Waals surface area contributed by atoms with Crippen molar-refractivity contribution >= 4 is 17.5 Å². The monoisotopic (exact) mass is 388 g/mol. The second-order valence-corrected chi connectivity index (χ2v) is 7.69. The van der Waals surface area contributed by atoms with Crippen molar-refractivity contribution in [2.75, 3.05) is 32.8 Å². The molecule has 0 spiro atoms. The number of nitrogens with one attached hydrogen (secondary N) is 1. The van der Waals surface area contributed by atoms with Crippen LogP contribution in [-0.2, 0) is 9.53 Å². The number of carbonyl (C=O) groups is 1. The molecule has 1 unspecified atom stereocenters. The topological polar surface area (TPSA) is 61.5 Å². The third-order valence-corrected chi connectivity index (χ3v) is 5.83. The quantitative estimate of drug-likeness (QED) is 0.877. The van der Waals surface area contributed by atoms with E-state index in [0.29, 0.717) is 17.7 Å². The summed E-state index contributed by atoms with van der Waals surface area (Å²) in [5, 5.41) is 0.712. The van der Waals surface area contributed by atoms with E-state index < -0.39 is 0 Å².